The molecule has 0 bridgehead atoms. The number of benzene rings is 1. The zero-order chi connectivity index (χ0) is 14.4. The van der Waals surface area contributed by atoms with Crippen LogP contribution in [0.3, 0.4) is 0 Å². The van der Waals surface area contributed by atoms with Gasteiger partial charge in [0.15, 0.2) is 0 Å². The van der Waals surface area contributed by atoms with E-state index in [1.807, 2.05) is 5.38 Å². The summed E-state index contributed by atoms with van der Waals surface area (Å²) < 4.78 is 5.21. The Balaban J connectivity index is 1.96. The van der Waals surface area contributed by atoms with Gasteiger partial charge in [0, 0.05) is 6.92 Å². The Hall–Kier alpha value is -2.47. The number of hydrogen-bond acceptors (Lipinski definition) is 5. The molecule has 2 aromatic rings. The lowest BCUT2D eigenvalue weighted by Crippen LogP contribution is -2.12. The maximum atomic E-state index is 11.7. The maximum absolute atomic E-state index is 11.7. The van der Waals surface area contributed by atoms with Crippen LogP contribution < -0.4 is 10.2 Å². The van der Waals surface area contributed by atoms with E-state index < -0.39 is 0 Å². The van der Waals surface area contributed by atoms with Gasteiger partial charge in [-0.25, -0.2) is 10.2 Å². The van der Waals surface area contributed by atoms with Crippen molar-refractivity contribution >= 4 is 29.4 Å². The van der Waals surface area contributed by atoms with Crippen molar-refractivity contribution in [3.63, 3.8) is 0 Å². The molecular weight excluding hydrogens is 276 g/mol. The normalized spacial score (nSPS) is 10.4. The highest BCUT2D eigenvalue weighted by atomic mass is 32.1. The third-order valence-corrected chi connectivity index (χ3v) is 3.10. The van der Waals surface area contributed by atoms with Gasteiger partial charge in [-0.3, -0.25) is 4.79 Å². The second-order valence-corrected chi connectivity index (χ2v) is 4.81. The molecule has 1 aromatic heterocycles. The Labute approximate surface area is 119 Å². The van der Waals surface area contributed by atoms with Gasteiger partial charge < -0.3 is 4.74 Å². The van der Waals surface area contributed by atoms with Crippen LogP contribution in [0.4, 0.5) is 0 Å². The molecule has 1 aromatic carbocycles. The van der Waals surface area contributed by atoms with Crippen molar-refractivity contribution in [1.82, 2.24) is 5.43 Å². The number of hydrazone groups is 1. The van der Waals surface area contributed by atoms with E-state index in [-0.39, 0.29) is 11.9 Å². The first-order valence-electron chi connectivity index (χ1n) is 5.80. The van der Waals surface area contributed by atoms with Crippen molar-refractivity contribution in [2.45, 2.75) is 6.92 Å². The van der Waals surface area contributed by atoms with Gasteiger partial charge in [-0.1, -0.05) is 6.07 Å². The standard InChI is InChI=1S/C14H12N2O3S/c1-10(17)16-15-9-11-4-6-12(7-5-11)19-14(18)13-3-2-8-20-13/h2-9H,1H3,(H,16,17). The number of hydrogen-bond donors (Lipinski definition) is 1. The molecule has 102 valence electrons. The summed E-state index contributed by atoms with van der Waals surface area (Å²) in [4.78, 5) is 22.9. The van der Waals surface area contributed by atoms with Crippen LogP contribution >= 0.6 is 11.3 Å². The summed E-state index contributed by atoms with van der Waals surface area (Å²) in [7, 11) is 0. The van der Waals surface area contributed by atoms with Crippen LogP contribution in [0.25, 0.3) is 0 Å². The molecule has 5 nitrogen and oxygen atoms in total. The largest absolute Gasteiger partial charge is 0.422 e. The number of thiophene rings is 1. The molecule has 1 N–H and O–H groups in total. The SMILES string of the molecule is CC(=O)NN=Cc1ccc(OC(=O)c2cccs2)cc1. The summed E-state index contributed by atoms with van der Waals surface area (Å²) in [6.45, 7) is 1.38. The predicted molar refractivity (Wildman–Crippen MR) is 77.1 cm³/mol. The highest BCUT2D eigenvalue weighted by molar-refractivity contribution is 7.12. The van der Waals surface area contributed by atoms with Crippen LogP contribution in [0.5, 0.6) is 5.75 Å². The second-order valence-electron chi connectivity index (χ2n) is 3.86. The molecule has 1 amide bonds. The molecule has 6 heteroatoms. The summed E-state index contributed by atoms with van der Waals surface area (Å²) in [6, 6.07) is 10.3. The summed E-state index contributed by atoms with van der Waals surface area (Å²) in [5, 5.41) is 5.56. The van der Waals surface area contributed by atoms with Crippen molar-refractivity contribution in [1.29, 1.82) is 0 Å². The van der Waals surface area contributed by atoms with Gasteiger partial charge in [-0.15, -0.1) is 11.3 Å². The number of esters is 1. The third-order valence-electron chi connectivity index (χ3n) is 2.25. The number of carbonyl (C=O) groups excluding carboxylic acids is 2. The molecule has 0 unspecified atom stereocenters. The average molecular weight is 288 g/mol. The fourth-order valence-electron chi connectivity index (χ4n) is 1.37. The fourth-order valence-corrected chi connectivity index (χ4v) is 1.97. The Morgan fingerprint density at radius 2 is 2.00 bits per heavy atom. The van der Waals surface area contributed by atoms with Gasteiger partial charge in [-0.2, -0.15) is 5.10 Å². The molecule has 0 saturated carbocycles. The first-order valence-corrected chi connectivity index (χ1v) is 6.68. The van der Waals surface area contributed by atoms with Crippen LogP contribution in [-0.4, -0.2) is 18.1 Å². The molecule has 2 rings (SSSR count). The molecule has 0 aliphatic rings. The van der Waals surface area contributed by atoms with Gasteiger partial charge in [0.1, 0.15) is 10.6 Å². The Bertz CT molecular complexity index is 618. The van der Waals surface area contributed by atoms with E-state index in [0.717, 1.165) is 5.56 Å². The van der Waals surface area contributed by atoms with Gasteiger partial charge >= 0.3 is 5.97 Å². The van der Waals surface area contributed by atoms with Crippen molar-refractivity contribution < 1.29 is 14.3 Å². The maximum Gasteiger partial charge on any atom is 0.353 e. The van der Waals surface area contributed by atoms with Crippen molar-refractivity contribution in [3.8, 4) is 5.75 Å². The summed E-state index contributed by atoms with van der Waals surface area (Å²) in [6.07, 6.45) is 1.51. The highest BCUT2D eigenvalue weighted by Gasteiger charge is 2.08. The first kappa shape index (κ1) is 14.0. The van der Waals surface area contributed by atoms with E-state index in [0.29, 0.717) is 10.6 Å². The first-order chi connectivity index (χ1) is 9.65. The van der Waals surface area contributed by atoms with Crippen molar-refractivity contribution in [2.75, 3.05) is 0 Å². The lowest BCUT2D eigenvalue weighted by Gasteiger charge is -2.02. The van der Waals surface area contributed by atoms with Crippen LogP contribution in [0.2, 0.25) is 0 Å². The van der Waals surface area contributed by atoms with E-state index in [9.17, 15) is 9.59 Å². The van der Waals surface area contributed by atoms with E-state index in [2.05, 4.69) is 10.5 Å². The van der Waals surface area contributed by atoms with Gasteiger partial charge in [-0.05, 0) is 41.3 Å². The molecule has 20 heavy (non-hydrogen) atoms. The van der Waals surface area contributed by atoms with Gasteiger partial charge in [0.2, 0.25) is 5.91 Å². The quantitative estimate of drug-likeness (QED) is 0.406. The molecule has 1 heterocycles. The smallest absolute Gasteiger partial charge is 0.353 e. The van der Waals surface area contributed by atoms with Crippen LogP contribution in [0.15, 0.2) is 46.9 Å². The topological polar surface area (TPSA) is 67.8 Å². The molecule has 0 aliphatic carbocycles. The lowest BCUT2D eigenvalue weighted by atomic mass is 10.2. The molecule has 0 spiro atoms. The zero-order valence-corrected chi connectivity index (χ0v) is 11.5. The molecule has 0 fully saturated rings. The molecule has 0 aliphatic heterocycles. The lowest BCUT2D eigenvalue weighted by molar-refractivity contribution is -0.118. The van der Waals surface area contributed by atoms with E-state index >= 15 is 0 Å². The van der Waals surface area contributed by atoms with E-state index in [1.165, 1.54) is 24.5 Å². The minimum absolute atomic E-state index is 0.234. The Morgan fingerprint density at radius 3 is 2.60 bits per heavy atom. The Morgan fingerprint density at radius 1 is 1.25 bits per heavy atom. The van der Waals surface area contributed by atoms with Crippen LogP contribution in [0, 0.1) is 0 Å². The zero-order valence-electron chi connectivity index (χ0n) is 10.7. The average Bonchev–Trinajstić information content (AvgIpc) is 2.94. The van der Waals surface area contributed by atoms with Crippen molar-refractivity contribution in [3.05, 3.63) is 52.2 Å². The van der Waals surface area contributed by atoms with E-state index in [1.54, 1.807) is 36.4 Å². The minimum Gasteiger partial charge on any atom is -0.422 e. The van der Waals surface area contributed by atoms with Crippen LogP contribution in [-0.2, 0) is 4.79 Å². The number of nitrogens with zero attached hydrogens (tertiary/aromatic N) is 1. The number of nitrogens with one attached hydrogen (secondary N) is 1. The molecule has 0 saturated heterocycles. The Kier molecular flexibility index (Phi) is 4.62. The number of amides is 1. The highest BCUT2D eigenvalue weighted by Crippen LogP contribution is 2.16. The number of ether oxygens (including phenoxy) is 1. The third kappa shape index (κ3) is 4.03. The van der Waals surface area contributed by atoms with Gasteiger partial charge in [0.05, 0.1) is 6.21 Å². The van der Waals surface area contributed by atoms with Crippen LogP contribution in [0.1, 0.15) is 22.2 Å². The number of rotatable bonds is 4. The van der Waals surface area contributed by atoms with Gasteiger partial charge in [0.25, 0.3) is 0 Å². The summed E-state index contributed by atoms with van der Waals surface area (Å²) in [5.41, 5.74) is 3.09. The molecule has 0 radical (unpaired) electrons. The minimum atomic E-state index is -0.375. The summed E-state index contributed by atoms with van der Waals surface area (Å²) in [5.74, 6) is -0.150. The fraction of sp³-hybridized carbons (Fsp3) is 0.0714. The van der Waals surface area contributed by atoms with Crippen molar-refractivity contribution in [2.24, 2.45) is 5.10 Å². The molecule has 0 atom stereocenters. The number of carbonyl (C=O) groups is 2. The summed E-state index contributed by atoms with van der Waals surface area (Å²) >= 11 is 1.33. The monoisotopic (exact) mass is 288 g/mol. The second kappa shape index (κ2) is 6.63. The van der Waals surface area contributed by atoms with E-state index in [4.69, 9.17) is 4.74 Å². The molecular formula is C14H12N2O3S. The predicted octanol–water partition coefficient (Wildman–Crippen LogP) is 2.44.